The van der Waals surface area contributed by atoms with Crippen LogP contribution in [0, 0.1) is 11.3 Å². The lowest BCUT2D eigenvalue weighted by Crippen LogP contribution is -2.52. The zero-order valence-electron chi connectivity index (χ0n) is 23.0. The Kier molecular flexibility index (Phi) is 6.37. The van der Waals surface area contributed by atoms with Crippen molar-refractivity contribution < 1.29 is 9.59 Å². The van der Waals surface area contributed by atoms with E-state index in [0.717, 1.165) is 48.4 Å². The number of nitriles is 1. The minimum absolute atomic E-state index is 0.0464. The van der Waals surface area contributed by atoms with Gasteiger partial charge in [-0.25, -0.2) is 19.7 Å². The highest BCUT2D eigenvalue weighted by atomic mass is 16.2. The molecule has 3 aliphatic heterocycles. The number of Topliss-reactive ketones (excluding diaryl/α,β-unsaturated/α-hetero) is 1. The molecular formula is C30H32N8O2. The van der Waals surface area contributed by atoms with E-state index >= 15 is 0 Å². The number of urea groups is 1. The van der Waals surface area contributed by atoms with Crippen molar-refractivity contribution in [2.75, 3.05) is 42.5 Å². The van der Waals surface area contributed by atoms with E-state index in [2.05, 4.69) is 32.8 Å². The van der Waals surface area contributed by atoms with Crippen LogP contribution in [0.4, 0.5) is 16.4 Å². The minimum atomic E-state index is -0.764. The third-order valence-corrected chi connectivity index (χ3v) is 8.27. The molecule has 0 saturated carbocycles. The molecule has 10 heteroatoms. The fourth-order valence-corrected chi connectivity index (χ4v) is 6.05. The lowest BCUT2D eigenvalue weighted by Gasteiger charge is -2.36. The number of amides is 2. The number of nitrogens with zero attached hydrogens (tertiary/aromatic N) is 8. The Morgan fingerprint density at radius 1 is 1.05 bits per heavy atom. The van der Waals surface area contributed by atoms with E-state index in [4.69, 9.17) is 0 Å². The van der Waals surface area contributed by atoms with Gasteiger partial charge in [0.2, 0.25) is 5.95 Å². The normalized spacial score (nSPS) is 19.6. The summed E-state index contributed by atoms with van der Waals surface area (Å²) in [4.78, 5) is 47.6. The van der Waals surface area contributed by atoms with Crippen LogP contribution in [-0.4, -0.2) is 80.9 Å². The van der Waals surface area contributed by atoms with Crippen LogP contribution in [0.5, 0.6) is 0 Å². The molecular weight excluding hydrogens is 504 g/mol. The number of pyridine rings is 1. The van der Waals surface area contributed by atoms with Gasteiger partial charge in [-0.15, -0.1) is 0 Å². The van der Waals surface area contributed by atoms with Crippen LogP contribution in [0.1, 0.15) is 48.8 Å². The Morgan fingerprint density at radius 3 is 2.60 bits per heavy atom. The van der Waals surface area contributed by atoms with E-state index in [1.807, 2.05) is 71.3 Å². The van der Waals surface area contributed by atoms with E-state index in [1.54, 1.807) is 6.20 Å². The topological polar surface area (TPSA) is 110 Å². The van der Waals surface area contributed by atoms with Gasteiger partial charge in [0, 0.05) is 80.2 Å². The maximum atomic E-state index is 13.3. The molecule has 10 nitrogen and oxygen atoms in total. The summed E-state index contributed by atoms with van der Waals surface area (Å²) in [6.45, 7) is 9.94. The van der Waals surface area contributed by atoms with Crippen LogP contribution in [0.2, 0.25) is 0 Å². The Hall–Kier alpha value is -4.52. The molecule has 0 radical (unpaired) electrons. The summed E-state index contributed by atoms with van der Waals surface area (Å²) < 4.78 is 0. The van der Waals surface area contributed by atoms with E-state index in [9.17, 15) is 14.9 Å². The van der Waals surface area contributed by atoms with E-state index in [1.165, 1.54) is 0 Å². The lowest BCUT2D eigenvalue weighted by molar-refractivity contribution is 0.0923. The first-order chi connectivity index (χ1) is 19.3. The summed E-state index contributed by atoms with van der Waals surface area (Å²) in [5, 5.41) is 9.53. The second kappa shape index (κ2) is 9.90. The van der Waals surface area contributed by atoms with Crippen LogP contribution in [0.15, 0.2) is 48.9 Å². The average Bonchev–Trinajstić information content (AvgIpc) is 3.38. The predicted molar refractivity (Wildman–Crippen MR) is 151 cm³/mol. The summed E-state index contributed by atoms with van der Waals surface area (Å²) >= 11 is 0. The maximum absolute atomic E-state index is 13.3. The van der Waals surface area contributed by atoms with E-state index in [-0.39, 0.29) is 17.9 Å². The monoisotopic (exact) mass is 536 g/mol. The number of carbonyl (C=O) groups excluding carboxylic acids is 2. The van der Waals surface area contributed by atoms with Gasteiger partial charge in [-0.1, -0.05) is 19.1 Å². The molecule has 204 valence electrons. The molecule has 0 N–H and O–H groups in total. The van der Waals surface area contributed by atoms with E-state index in [0.29, 0.717) is 36.8 Å². The van der Waals surface area contributed by atoms with Gasteiger partial charge in [-0.2, -0.15) is 5.26 Å². The predicted octanol–water partition coefficient (Wildman–Crippen LogP) is 3.73. The van der Waals surface area contributed by atoms with Crippen LogP contribution in [0.25, 0.3) is 11.1 Å². The summed E-state index contributed by atoms with van der Waals surface area (Å²) in [6.07, 6.45) is 6.20. The fraction of sp³-hybridized carbons (Fsp3) is 0.400. The summed E-state index contributed by atoms with van der Waals surface area (Å²) in [5.41, 5.74) is 3.62. The van der Waals surface area contributed by atoms with Gasteiger partial charge in [0.15, 0.2) is 5.78 Å². The number of hydrogen-bond donors (Lipinski definition) is 0. The molecule has 1 aromatic carbocycles. The second-order valence-corrected chi connectivity index (χ2v) is 11.1. The molecule has 0 spiro atoms. The molecule has 0 unspecified atom stereocenters. The number of rotatable bonds is 6. The number of aromatic nitrogens is 3. The van der Waals surface area contributed by atoms with Crippen LogP contribution < -0.4 is 9.80 Å². The highest BCUT2D eigenvalue weighted by Gasteiger charge is 2.44. The largest absolute Gasteiger partial charge is 0.354 e. The lowest BCUT2D eigenvalue weighted by atomic mass is 9.96. The van der Waals surface area contributed by atoms with Crippen molar-refractivity contribution in [1.29, 1.82) is 5.26 Å². The molecule has 1 atom stereocenters. The summed E-state index contributed by atoms with van der Waals surface area (Å²) in [5.74, 6) is 0.703. The molecule has 6 rings (SSSR count). The first-order valence-corrected chi connectivity index (χ1v) is 13.7. The van der Waals surface area contributed by atoms with Gasteiger partial charge >= 0.3 is 6.03 Å². The quantitative estimate of drug-likeness (QED) is 0.469. The molecule has 0 bridgehead atoms. The van der Waals surface area contributed by atoms with Crippen molar-refractivity contribution in [2.24, 2.45) is 0 Å². The van der Waals surface area contributed by atoms with Crippen molar-refractivity contribution in [2.45, 2.75) is 45.3 Å². The number of anilines is 2. The second-order valence-electron chi connectivity index (χ2n) is 11.1. The molecule has 2 aromatic heterocycles. The van der Waals surface area contributed by atoms with Gasteiger partial charge in [-0.05, 0) is 44.0 Å². The third-order valence-electron chi connectivity index (χ3n) is 8.27. The maximum Gasteiger partial charge on any atom is 0.320 e. The molecule has 3 aliphatic rings. The standard InChI is InChI=1S/C30H32N8O2/c1-4-10-36-19-23-18-35(11-12-37(23)29(36)40)28-33-15-22(16-34-28)20-7-8-24-26(13-20)38(30(2,3)27(24)39)17-21-6-5-9-32-25(21)14-31/h5-9,13,15-16,23H,4,10-12,17-19H2,1-3H3/t23-/m0/s1. The van der Waals surface area contributed by atoms with Crippen molar-refractivity contribution in [3.8, 4) is 17.2 Å². The smallest absolute Gasteiger partial charge is 0.320 e. The van der Waals surface area contributed by atoms with Crippen LogP contribution in [0.3, 0.4) is 0 Å². The van der Waals surface area contributed by atoms with Crippen molar-refractivity contribution in [3.63, 3.8) is 0 Å². The Morgan fingerprint density at radius 2 is 1.85 bits per heavy atom. The number of piperazine rings is 1. The van der Waals surface area contributed by atoms with Crippen molar-refractivity contribution >= 4 is 23.5 Å². The van der Waals surface area contributed by atoms with E-state index < -0.39 is 5.54 Å². The van der Waals surface area contributed by atoms with Crippen molar-refractivity contribution in [3.05, 3.63) is 65.7 Å². The number of carbonyl (C=O) groups is 2. The van der Waals surface area contributed by atoms with Gasteiger partial charge < -0.3 is 19.6 Å². The fourth-order valence-electron chi connectivity index (χ4n) is 6.05. The number of benzene rings is 1. The first kappa shape index (κ1) is 25.7. The van der Waals surface area contributed by atoms with Crippen LogP contribution in [-0.2, 0) is 6.54 Å². The first-order valence-electron chi connectivity index (χ1n) is 13.7. The molecule has 2 fully saturated rings. The molecule has 2 saturated heterocycles. The number of ketones is 1. The van der Waals surface area contributed by atoms with Gasteiger partial charge in [0.1, 0.15) is 11.8 Å². The molecule has 3 aromatic rings. The average molecular weight is 537 g/mol. The zero-order chi connectivity index (χ0) is 28.0. The molecule has 5 heterocycles. The Balaban J connectivity index is 1.23. The third kappa shape index (κ3) is 4.22. The number of fused-ring (bicyclic) bond motifs is 2. The highest BCUT2D eigenvalue weighted by Crippen LogP contribution is 2.42. The Bertz CT molecular complexity index is 1510. The van der Waals surface area contributed by atoms with Crippen molar-refractivity contribution in [1.82, 2.24) is 24.8 Å². The summed E-state index contributed by atoms with van der Waals surface area (Å²) in [6, 6.07) is 12.0. The molecule has 2 amide bonds. The zero-order valence-corrected chi connectivity index (χ0v) is 23.0. The Labute approximate surface area is 233 Å². The minimum Gasteiger partial charge on any atom is -0.354 e. The highest BCUT2D eigenvalue weighted by molar-refractivity contribution is 6.14. The van der Waals surface area contributed by atoms with Gasteiger partial charge in [0.05, 0.1) is 11.6 Å². The number of hydrogen-bond acceptors (Lipinski definition) is 8. The SMILES string of the molecule is CCCN1C[C@@H]2CN(c3ncc(-c4ccc5c(c4)N(Cc4cccnc4C#N)C(C)(C)C5=O)cn3)CCN2C1=O. The molecule has 0 aliphatic carbocycles. The van der Waals surface area contributed by atoms with Crippen LogP contribution >= 0.6 is 0 Å². The summed E-state index contributed by atoms with van der Waals surface area (Å²) in [7, 11) is 0. The van der Waals surface area contributed by atoms with Gasteiger partial charge in [0.25, 0.3) is 0 Å². The molecule has 40 heavy (non-hydrogen) atoms. The van der Waals surface area contributed by atoms with Gasteiger partial charge in [-0.3, -0.25) is 4.79 Å².